The van der Waals surface area contributed by atoms with Gasteiger partial charge in [-0.05, 0) is 26.3 Å². The lowest BCUT2D eigenvalue weighted by Crippen LogP contribution is -3.12. The molecule has 0 bridgehead atoms. The highest BCUT2D eigenvalue weighted by Gasteiger charge is 2.25. The van der Waals surface area contributed by atoms with Crippen LogP contribution >= 0.6 is 11.3 Å². The molecule has 1 aliphatic heterocycles. The van der Waals surface area contributed by atoms with Gasteiger partial charge in [-0.3, -0.25) is 0 Å². The van der Waals surface area contributed by atoms with Crippen molar-refractivity contribution < 1.29 is 14.4 Å². The van der Waals surface area contributed by atoms with E-state index in [1.54, 1.807) is 0 Å². The number of quaternary nitrogens is 1. The molecule has 23 heavy (non-hydrogen) atoms. The summed E-state index contributed by atoms with van der Waals surface area (Å²) in [6.07, 6.45) is 0. The van der Waals surface area contributed by atoms with Gasteiger partial charge in [-0.15, -0.1) is 11.3 Å². The van der Waals surface area contributed by atoms with Crippen LogP contribution in [0.15, 0.2) is 0 Å². The maximum absolute atomic E-state index is 12.2. The predicted octanol–water partition coefficient (Wildman–Crippen LogP) is 0.820. The number of aromatic nitrogens is 2. The molecule has 0 saturated carbocycles. The van der Waals surface area contributed by atoms with E-state index in [-0.39, 0.29) is 5.97 Å². The number of rotatable bonds is 3. The van der Waals surface area contributed by atoms with Crippen LogP contribution in [0.3, 0.4) is 0 Å². The number of ether oxygens (including phenoxy) is 1. The van der Waals surface area contributed by atoms with Crippen molar-refractivity contribution in [1.82, 2.24) is 9.97 Å². The van der Waals surface area contributed by atoms with E-state index in [0.717, 1.165) is 53.6 Å². The predicted molar refractivity (Wildman–Crippen MR) is 91.7 cm³/mol. The third-order valence-corrected chi connectivity index (χ3v) is 5.43. The number of nitrogens with one attached hydrogen (secondary N) is 1. The standard InChI is InChI=1S/C16H22N4O2S/c1-5-22-16(21)13-10(2)12-14(17-11(3)18-15(12)23-13)20-8-6-19(4)7-9-20/h5-9H2,1-4H3/p+1. The molecule has 0 radical (unpaired) electrons. The zero-order valence-electron chi connectivity index (χ0n) is 14.1. The number of anilines is 1. The minimum absolute atomic E-state index is 0.264. The summed E-state index contributed by atoms with van der Waals surface area (Å²) < 4.78 is 5.17. The van der Waals surface area contributed by atoms with Crippen molar-refractivity contribution in [2.75, 3.05) is 44.7 Å². The molecule has 1 N–H and O–H groups in total. The first-order chi connectivity index (χ1) is 11.0. The number of esters is 1. The van der Waals surface area contributed by atoms with E-state index in [1.807, 2.05) is 20.8 Å². The Bertz CT molecular complexity index is 735. The maximum atomic E-state index is 12.2. The van der Waals surface area contributed by atoms with E-state index in [9.17, 15) is 4.79 Å². The Kier molecular flexibility index (Phi) is 4.50. The highest BCUT2D eigenvalue weighted by atomic mass is 32.1. The van der Waals surface area contributed by atoms with Crippen molar-refractivity contribution in [3.63, 3.8) is 0 Å². The fraction of sp³-hybridized carbons (Fsp3) is 0.562. The van der Waals surface area contributed by atoms with Crippen LogP contribution in [0.5, 0.6) is 0 Å². The van der Waals surface area contributed by atoms with Crippen LogP contribution in [-0.2, 0) is 4.74 Å². The summed E-state index contributed by atoms with van der Waals surface area (Å²) in [5.74, 6) is 1.44. The minimum Gasteiger partial charge on any atom is -0.462 e. The molecule has 3 heterocycles. The molecule has 0 amide bonds. The number of fused-ring (bicyclic) bond motifs is 1. The third-order valence-electron chi connectivity index (χ3n) is 4.26. The van der Waals surface area contributed by atoms with Gasteiger partial charge in [0.05, 0.1) is 45.2 Å². The summed E-state index contributed by atoms with van der Waals surface area (Å²) in [7, 11) is 2.22. The summed E-state index contributed by atoms with van der Waals surface area (Å²) in [5, 5.41) is 1.00. The molecule has 7 heteroatoms. The second-order valence-corrected chi connectivity index (χ2v) is 6.99. The van der Waals surface area contributed by atoms with Crippen LogP contribution < -0.4 is 9.80 Å². The molecule has 124 valence electrons. The third kappa shape index (κ3) is 3.03. The maximum Gasteiger partial charge on any atom is 0.348 e. The molecule has 0 unspecified atom stereocenters. The number of aryl methyl sites for hydroxylation is 2. The number of carbonyl (C=O) groups is 1. The average molecular weight is 335 g/mol. The van der Waals surface area contributed by atoms with E-state index in [0.29, 0.717) is 11.5 Å². The summed E-state index contributed by atoms with van der Waals surface area (Å²) in [6.45, 7) is 10.2. The number of carbonyl (C=O) groups excluding carboxylic acids is 1. The molecule has 2 aromatic heterocycles. The van der Waals surface area contributed by atoms with E-state index in [4.69, 9.17) is 4.74 Å². The number of thiophene rings is 1. The summed E-state index contributed by atoms with van der Waals surface area (Å²) in [6, 6.07) is 0. The molecule has 2 aromatic rings. The molecular formula is C16H23N4O2S+. The van der Waals surface area contributed by atoms with Gasteiger partial charge < -0.3 is 14.5 Å². The zero-order chi connectivity index (χ0) is 16.6. The summed E-state index contributed by atoms with van der Waals surface area (Å²) in [5.41, 5.74) is 0.935. The van der Waals surface area contributed by atoms with Gasteiger partial charge in [-0.1, -0.05) is 0 Å². The highest BCUT2D eigenvalue weighted by Crippen LogP contribution is 2.35. The number of nitrogens with zero attached hydrogens (tertiary/aromatic N) is 3. The largest absolute Gasteiger partial charge is 0.462 e. The van der Waals surface area contributed by atoms with Gasteiger partial charge in [-0.2, -0.15) is 0 Å². The van der Waals surface area contributed by atoms with Crippen molar-refractivity contribution in [2.45, 2.75) is 20.8 Å². The van der Waals surface area contributed by atoms with Crippen LogP contribution in [0.4, 0.5) is 5.82 Å². The van der Waals surface area contributed by atoms with E-state index in [1.165, 1.54) is 16.2 Å². The topological polar surface area (TPSA) is 59.8 Å². The Morgan fingerprint density at radius 3 is 2.65 bits per heavy atom. The molecule has 1 saturated heterocycles. The molecule has 0 spiro atoms. The quantitative estimate of drug-likeness (QED) is 0.842. The monoisotopic (exact) mass is 335 g/mol. The molecule has 0 aliphatic carbocycles. The molecule has 0 aromatic carbocycles. The van der Waals surface area contributed by atoms with E-state index < -0.39 is 0 Å². The van der Waals surface area contributed by atoms with E-state index >= 15 is 0 Å². The molecule has 0 atom stereocenters. The smallest absolute Gasteiger partial charge is 0.348 e. The van der Waals surface area contributed by atoms with Gasteiger partial charge in [0.25, 0.3) is 0 Å². The second kappa shape index (κ2) is 6.41. The molecule has 3 rings (SSSR count). The molecule has 6 nitrogen and oxygen atoms in total. The average Bonchev–Trinajstić information content (AvgIpc) is 2.84. The van der Waals surface area contributed by atoms with Gasteiger partial charge in [0.15, 0.2) is 0 Å². The minimum atomic E-state index is -0.264. The lowest BCUT2D eigenvalue weighted by molar-refractivity contribution is -0.880. The van der Waals surface area contributed by atoms with Crippen LogP contribution in [0.1, 0.15) is 28.0 Å². The van der Waals surface area contributed by atoms with Crippen LogP contribution in [-0.4, -0.2) is 55.8 Å². The van der Waals surface area contributed by atoms with Crippen molar-refractivity contribution in [2.24, 2.45) is 0 Å². The SMILES string of the molecule is CCOC(=O)c1sc2nc(C)nc(N3CC[NH+](C)CC3)c2c1C. The van der Waals surface area contributed by atoms with Crippen molar-refractivity contribution in [1.29, 1.82) is 0 Å². The molecule has 1 aliphatic rings. The van der Waals surface area contributed by atoms with Crippen molar-refractivity contribution in [3.05, 3.63) is 16.3 Å². The summed E-state index contributed by atoms with van der Waals surface area (Å²) >= 11 is 1.41. The summed E-state index contributed by atoms with van der Waals surface area (Å²) in [4.78, 5) is 26.8. The molecular weight excluding hydrogens is 312 g/mol. The fourth-order valence-corrected chi connectivity index (χ4v) is 4.06. The highest BCUT2D eigenvalue weighted by molar-refractivity contribution is 7.20. The Morgan fingerprint density at radius 1 is 1.30 bits per heavy atom. The first-order valence-corrected chi connectivity index (χ1v) is 8.84. The Morgan fingerprint density at radius 2 is 2.00 bits per heavy atom. The first-order valence-electron chi connectivity index (χ1n) is 8.02. The lowest BCUT2D eigenvalue weighted by Gasteiger charge is -2.31. The van der Waals surface area contributed by atoms with Gasteiger partial charge in [-0.25, -0.2) is 14.8 Å². The van der Waals surface area contributed by atoms with Crippen molar-refractivity contribution in [3.8, 4) is 0 Å². The molecule has 1 fully saturated rings. The van der Waals surface area contributed by atoms with Crippen LogP contribution in [0, 0.1) is 13.8 Å². The number of likely N-dealkylation sites (N-methyl/N-ethyl adjacent to an activating group) is 1. The Hall–Kier alpha value is -1.73. The van der Waals surface area contributed by atoms with Gasteiger partial charge >= 0.3 is 5.97 Å². The number of hydrogen-bond acceptors (Lipinski definition) is 6. The normalized spacial score (nSPS) is 16.1. The fourth-order valence-electron chi connectivity index (χ4n) is 2.94. The number of piperazine rings is 1. The zero-order valence-corrected chi connectivity index (χ0v) is 14.9. The van der Waals surface area contributed by atoms with Gasteiger partial charge in [0.1, 0.15) is 21.3 Å². The Balaban J connectivity index is 2.08. The van der Waals surface area contributed by atoms with E-state index in [2.05, 4.69) is 21.9 Å². The first kappa shape index (κ1) is 16.1. The van der Waals surface area contributed by atoms with Gasteiger partial charge in [0.2, 0.25) is 0 Å². The van der Waals surface area contributed by atoms with Crippen LogP contribution in [0.25, 0.3) is 10.2 Å². The van der Waals surface area contributed by atoms with Crippen LogP contribution in [0.2, 0.25) is 0 Å². The van der Waals surface area contributed by atoms with Gasteiger partial charge in [0, 0.05) is 0 Å². The number of hydrogen-bond donors (Lipinski definition) is 1. The lowest BCUT2D eigenvalue weighted by atomic mass is 10.2. The second-order valence-electron chi connectivity index (χ2n) is 6.00. The van der Waals surface area contributed by atoms with Crippen molar-refractivity contribution >= 4 is 33.3 Å². The Labute approximate surface area is 140 Å².